The summed E-state index contributed by atoms with van der Waals surface area (Å²) in [4.78, 5) is 25.5. The standard InChI is InChI=1S/C28H25BrN2O5/c29-16-17-35-18-19-36-24-14-10-22(11-15-24)20-30-27-7-2-1-5-25(27)26(28(30)32)6-3-4-21-8-12-23(13-9-21)31(33)34/h1-15H,16-20H2. The first kappa shape index (κ1) is 25.3. The number of carbonyl (C=O) groups excluding carboxylic acids is 1. The van der Waals surface area contributed by atoms with E-state index in [1.807, 2.05) is 54.6 Å². The van der Waals surface area contributed by atoms with Crippen LogP contribution in [-0.4, -0.2) is 36.0 Å². The SMILES string of the molecule is O=C1C(=CC=Cc2ccc([N+](=O)[O-])cc2)c2ccccc2N1Cc1ccc(OCCOCCBr)cc1. The van der Waals surface area contributed by atoms with Gasteiger partial charge in [-0.05, 0) is 47.5 Å². The average molecular weight is 549 g/mol. The molecule has 1 aliphatic rings. The first-order valence-corrected chi connectivity index (χ1v) is 12.6. The van der Waals surface area contributed by atoms with Crippen molar-refractivity contribution in [2.75, 3.05) is 30.1 Å². The molecule has 0 aromatic heterocycles. The van der Waals surface area contributed by atoms with Crippen molar-refractivity contribution in [3.8, 4) is 5.75 Å². The number of carbonyl (C=O) groups is 1. The molecule has 184 valence electrons. The van der Waals surface area contributed by atoms with Crippen LogP contribution in [0.2, 0.25) is 0 Å². The van der Waals surface area contributed by atoms with E-state index in [0.29, 0.717) is 31.9 Å². The van der Waals surface area contributed by atoms with Gasteiger partial charge in [0.05, 0.1) is 30.4 Å². The van der Waals surface area contributed by atoms with Gasteiger partial charge in [0.25, 0.3) is 11.6 Å². The smallest absolute Gasteiger partial charge is 0.269 e. The van der Waals surface area contributed by atoms with E-state index in [-0.39, 0.29) is 11.6 Å². The molecule has 3 aromatic carbocycles. The Morgan fingerprint density at radius 3 is 2.42 bits per heavy atom. The number of anilines is 1. The highest BCUT2D eigenvalue weighted by atomic mass is 79.9. The predicted octanol–water partition coefficient (Wildman–Crippen LogP) is 6.03. The molecule has 1 aliphatic heterocycles. The maximum absolute atomic E-state index is 13.3. The molecule has 36 heavy (non-hydrogen) atoms. The molecule has 0 aliphatic carbocycles. The van der Waals surface area contributed by atoms with E-state index in [4.69, 9.17) is 9.47 Å². The summed E-state index contributed by atoms with van der Waals surface area (Å²) in [5, 5.41) is 11.6. The van der Waals surface area contributed by atoms with Crippen LogP contribution in [0.25, 0.3) is 11.6 Å². The van der Waals surface area contributed by atoms with Crippen LogP contribution in [0.15, 0.2) is 84.9 Å². The summed E-state index contributed by atoms with van der Waals surface area (Å²) in [7, 11) is 0. The zero-order valence-electron chi connectivity index (χ0n) is 19.5. The van der Waals surface area contributed by atoms with E-state index in [9.17, 15) is 14.9 Å². The van der Waals surface area contributed by atoms with E-state index >= 15 is 0 Å². The lowest BCUT2D eigenvalue weighted by atomic mass is 10.1. The molecule has 0 unspecified atom stereocenters. The third-order valence-corrected chi connectivity index (χ3v) is 5.92. The van der Waals surface area contributed by atoms with Gasteiger partial charge in [0, 0.05) is 28.6 Å². The molecule has 1 heterocycles. The van der Waals surface area contributed by atoms with Crippen molar-refractivity contribution < 1.29 is 19.2 Å². The van der Waals surface area contributed by atoms with Crippen LogP contribution in [0.3, 0.4) is 0 Å². The number of rotatable bonds is 11. The van der Waals surface area contributed by atoms with Gasteiger partial charge in [0.1, 0.15) is 12.4 Å². The van der Waals surface area contributed by atoms with Crippen LogP contribution in [-0.2, 0) is 16.1 Å². The van der Waals surface area contributed by atoms with Crippen molar-refractivity contribution in [2.45, 2.75) is 6.54 Å². The number of nitro benzene ring substituents is 1. The van der Waals surface area contributed by atoms with E-state index in [0.717, 1.165) is 33.5 Å². The number of hydrogen-bond donors (Lipinski definition) is 0. The predicted molar refractivity (Wildman–Crippen MR) is 144 cm³/mol. The summed E-state index contributed by atoms with van der Waals surface area (Å²) in [6, 6.07) is 21.7. The van der Waals surface area contributed by atoms with E-state index in [1.165, 1.54) is 12.1 Å². The molecule has 3 aromatic rings. The van der Waals surface area contributed by atoms with Crippen molar-refractivity contribution in [3.05, 3.63) is 112 Å². The van der Waals surface area contributed by atoms with E-state index < -0.39 is 4.92 Å². The van der Waals surface area contributed by atoms with Gasteiger partial charge < -0.3 is 14.4 Å². The number of hydrogen-bond acceptors (Lipinski definition) is 5. The van der Waals surface area contributed by atoms with Gasteiger partial charge in [-0.2, -0.15) is 0 Å². The van der Waals surface area contributed by atoms with Crippen molar-refractivity contribution in [1.29, 1.82) is 0 Å². The number of halogens is 1. The third-order valence-electron chi connectivity index (χ3n) is 5.60. The molecule has 0 bridgehead atoms. The second-order valence-corrected chi connectivity index (χ2v) is 8.78. The van der Waals surface area contributed by atoms with E-state index in [1.54, 1.807) is 29.2 Å². The molecule has 1 amide bonds. The normalized spacial score (nSPS) is 14.0. The third kappa shape index (κ3) is 6.27. The lowest BCUT2D eigenvalue weighted by Gasteiger charge is -2.17. The molecule has 4 rings (SSSR count). The van der Waals surface area contributed by atoms with Gasteiger partial charge in [0.2, 0.25) is 0 Å². The topological polar surface area (TPSA) is 81.9 Å². The highest BCUT2D eigenvalue weighted by Crippen LogP contribution is 2.37. The number of para-hydroxylation sites is 1. The maximum atomic E-state index is 13.3. The van der Waals surface area contributed by atoms with Gasteiger partial charge in [-0.15, -0.1) is 0 Å². The van der Waals surface area contributed by atoms with Gasteiger partial charge >= 0.3 is 0 Å². The number of allylic oxidation sites excluding steroid dienone is 2. The Balaban J connectivity index is 1.44. The number of fused-ring (bicyclic) bond motifs is 1. The quantitative estimate of drug-likeness (QED) is 0.0960. The number of benzene rings is 3. The number of ether oxygens (including phenoxy) is 2. The molecule has 0 saturated carbocycles. The van der Waals surface area contributed by atoms with Crippen molar-refractivity contribution in [2.24, 2.45) is 0 Å². The number of nitrogens with zero attached hydrogens (tertiary/aromatic N) is 2. The minimum Gasteiger partial charge on any atom is -0.491 e. The Morgan fingerprint density at radius 1 is 0.944 bits per heavy atom. The largest absolute Gasteiger partial charge is 0.491 e. The Hall–Kier alpha value is -3.75. The second kappa shape index (κ2) is 12.3. The minimum absolute atomic E-state index is 0.0416. The van der Waals surface area contributed by atoms with E-state index in [2.05, 4.69) is 15.9 Å². The number of non-ortho nitro benzene ring substituents is 1. The Morgan fingerprint density at radius 2 is 1.69 bits per heavy atom. The minimum atomic E-state index is -0.430. The lowest BCUT2D eigenvalue weighted by molar-refractivity contribution is -0.384. The molecule has 0 spiro atoms. The summed E-state index contributed by atoms with van der Waals surface area (Å²) in [5.74, 6) is 0.681. The first-order valence-electron chi connectivity index (χ1n) is 11.5. The Kier molecular flexibility index (Phi) is 8.65. The molecule has 7 nitrogen and oxygen atoms in total. The fourth-order valence-corrected chi connectivity index (χ4v) is 4.07. The van der Waals surface area contributed by atoms with Crippen LogP contribution in [0.4, 0.5) is 11.4 Å². The maximum Gasteiger partial charge on any atom is 0.269 e. The average Bonchev–Trinajstić information content (AvgIpc) is 3.16. The highest BCUT2D eigenvalue weighted by molar-refractivity contribution is 9.09. The zero-order chi connectivity index (χ0) is 25.3. The van der Waals surface area contributed by atoms with Crippen LogP contribution in [0.1, 0.15) is 16.7 Å². The molecule has 8 heteroatoms. The molecule has 0 saturated heterocycles. The van der Waals surface area contributed by atoms with Crippen LogP contribution < -0.4 is 9.64 Å². The summed E-state index contributed by atoms with van der Waals surface area (Å²) in [5.41, 5.74) is 4.18. The van der Waals surface area contributed by atoms with Gasteiger partial charge in [-0.3, -0.25) is 14.9 Å². The molecule has 0 atom stereocenters. The Bertz CT molecular complexity index is 1270. The highest BCUT2D eigenvalue weighted by Gasteiger charge is 2.31. The van der Waals surface area contributed by atoms with Crippen LogP contribution in [0, 0.1) is 10.1 Å². The monoisotopic (exact) mass is 548 g/mol. The van der Waals surface area contributed by atoms with Gasteiger partial charge in [-0.1, -0.05) is 58.4 Å². The number of alkyl halides is 1. The molecule has 0 radical (unpaired) electrons. The molecular weight excluding hydrogens is 524 g/mol. The first-order chi connectivity index (χ1) is 17.6. The molecule has 0 N–H and O–H groups in total. The van der Waals surface area contributed by atoms with Crippen LogP contribution >= 0.6 is 15.9 Å². The zero-order valence-corrected chi connectivity index (χ0v) is 21.1. The summed E-state index contributed by atoms with van der Waals surface area (Å²) < 4.78 is 11.1. The van der Waals surface area contributed by atoms with Crippen molar-refractivity contribution in [3.63, 3.8) is 0 Å². The fraction of sp³-hybridized carbons (Fsp3) is 0.179. The lowest BCUT2D eigenvalue weighted by Crippen LogP contribution is -2.25. The van der Waals surface area contributed by atoms with Gasteiger partial charge in [0.15, 0.2) is 0 Å². The second-order valence-electron chi connectivity index (χ2n) is 7.99. The summed E-state index contributed by atoms with van der Waals surface area (Å²) in [6.07, 6.45) is 5.40. The van der Waals surface area contributed by atoms with Crippen LogP contribution in [0.5, 0.6) is 5.75 Å². The summed E-state index contributed by atoms with van der Waals surface area (Å²) in [6.45, 7) is 2.09. The van der Waals surface area contributed by atoms with Crippen molar-refractivity contribution >= 4 is 44.9 Å². The summed E-state index contributed by atoms with van der Waals surface area (Å²) >= 11 is 3.32. The van der Waals surface area contributed by atoms with Gasteiger partial charge in [-0.25, -0.2) is 0 Å². The van der Waals surface area contributed by atoms with Crippen molar-refractivity contribution in [1.82, 2.24) is 0 Å². The number of nitro groups is 1. The number of amides is 1. The fourth-order valence-electron chi connectivity index (χ4n) is 3.84. The Labute approximate surface area is 217 Å². The molecular formula is C28H25BrN2O5. The molecule has 0 fully saturated rings.